The van der Waals surface area contributed by atoms with Crippen molar-refractivity contribution < 1.29 is 14.3 Å². The van der Waals surface area contributed by atoms with E-state index >= 15 is 0 Å². The number of carbonyl (C=O) groups excluding carboxylic acids is 1. The van der Waals surface area contributed by atoms with Crippen LogP contribution >= 0.6 is 11.6 Å². The molecule has 1 saturated heterocycles. The Kier molecular flexibility index (Phi) is 10.5. The molecule has 1 heterocycles. The molecule has 1 aliphatic rings. The predicted octanol–water partition coefficient (Wildman–Crippen LogP) is 8.72. The van der Waals surface area contributed by atoms with Crippen LogP contribution in [0.25, 0.3) is 11.1 Å². The predicted molar refractivity (Wildman–Crippen MR) is 172 cm³/mol. The Hall–Kier alpha value is -3.86. The summed E-state index contributed by atoms with van der Waals surface area (Å²) in [5.74, 6) is 1.11. The molecule has 0 radical (unpaired) electrons. The summed E-state index contributed by atoms with van der Waals surface area (Å²) in [5.41, 5.74) is 6.34. The summed E-state index contributed by atoms with van der Waals surface area (Å²) >= 11 is 6.18. The first-order chi connectivity index (χ1) is 20.5. The number of allylic oxidation sites excluding steroid dienone is 1. The van der Waals surface area contributed by atoms with Gasteiger partial charge in [0.2, 0.25) is 0 Å². The zero-order chi connectivity index (χ0) is 29.1. The van der Waals surface area contributed by atoms with Gasteiger partial charge in [-0.1, -0.05) is 91.2 Å². The van der Waals surface area contributed by atoms with E-state index in [9.17, 15) is 4.79 Å². The number of benzene rings is 4. The normalized spacial score (nSPS) is 14.5. The average molecular weight is 580 g/mol. The van der Waals surface area contributed by atoms with Crippen LogP contribution in [-0.4, -0.2) is 37.1 Å². The van der Waals surface area contributed by atoms with Gasteiger partial charge in [-0.05, 0) is 103 Å². The maximum atomic E-state index is 12.5. The van der Waals surface area contributed by atoms with Crippen molar-refractivity contribution in [3.63, 3.8) is 0 Å². The third-order valence-corrected chi connectivity index (χ3v) is 7.99. The van der Waals surface area contributed by atoms with Crippen LogP contribution in [0.3, 0.4) is 0 Å². The molecule has 216 valence electrons. The van der Waals surface area contributed by atoms with E-state index in [4.69, 9.17) is 21.1 Å². The molecule has 5 rings (SSSR count). The lowest BCUT2D eigenvalue weighted by molar-refractivity contribution is -0.133. The molecule has 0 atom stereocenters. The summed E-state index contributed by atoms with van der Waals surface area (Å²) in [6, 6.07) is 33.6. The summed E-state index contributed by atoms with van der Waals surface area (Å²) in [6.07, 6.45) is 5.48. The van der Waals surface area contributed by atoms with Gasteiger partial charge in [-0.3, -0.25) is 9.69 Å². The Bertz CT molecular complexity index is 1450. The molecule has 0 spiro atoms. The number of ether oxygens (including phenoxy) is 2. The topological polar surface area (TPSA) is 38.8 Å². The van der Waals surface area contributed by atoms with Crippen LogP contribution in [0.5, 0.6) is 11.5 Å². The highest BCUT2D eigenvalue weighted by molar-refractivity contribution is 6.30. The smallest absolute Gasteiger partial charge is 0.315 e. The van der Waals surface area contributed by atoms with Gasteiger partial charge >= 0.3 is 5.97 Å². The quantitative estimate of drug-likeness (QED) is 0.107. The first-order valence-electron chi connectivity index (χ1n) is 14.8. The van der Waals surface area contributed by atoms with E-state index in [1.54, 1.807) is 0 Å². The van der Waals surface area contributed by atoms with Crippen LogP contribution in [0.15, 0.2) is 103 Å². The molecule has 42 heavy (non-hydrogen) atoms. The summed E-state index contributed by atoms with van der Waals surface area (Å²) in [6.45, 7) is 6.12. The standard InChI is InChI=1S/C37H38ClNO3/c1-28(30-11-17-33(38)18-12-30)37(31-13-19-34(20-14-31)41-26-25-39-23-7-2-3-8-24-39)32-15-21-35(22-16-32)42-36(40)27-29-9-5-4-6-10-29/h4-6,9-22H,2-3,7-8,23-27H2,1H3/b37-28-. The van der Waals surface area contributed by atoms with Crippen LogP contribution in [0.1, 0.15) is 54.9 Å². The van der Waals surface area contributed by atoms with Crippen LogP contribution in [0.4, 0.5) is 0 Å². The Balaban J connectivity index is 1.32. The Morgan fingerprint density at radius 1 is 0.714 bits per heavy atom. The second kappa shape index (κ2) is 14.9. The highest BCUT2D eigenvalue weighted by Crippen LogP contribution is 2.34. The first-order valence-corrected chi connectivity index (χ1v) is 15.2. The monoisotopic (exact) mass is 579 g/mol. The maximum Gasteiger partial charge on any atom is 0.315 e. The molecule has 0 unspecified atom stereocenters. The third-order valence-electron chi connectivity index (χ3n) is 7.74. The highest BCUT2D eigenvalue weighted by atomic mass is 35.5. The van der Waals surface area contributed by atoms with Crippen molar-refractivity contribution in [2.75, 3.05) is 26.2 Å². The number of rotatable bonds is 10. The van der Waals surface area contributed by atoms with Crippen molar-refractivity contribution in [2.24, 2.45) is 0 Å². The molecule has 4 aromatic carbocycles. The molecule has 0 aliphatic carbocycles. The van der Waals surface area contributed by atoms with Gasteiger partial charge in [0.1, 0.15) is 18.1 Å². The van der Waals surface area contributed by atoms with Crippen LogP contribution < -0.4 is 9.47 Å². The van der Waals surface area contributed by atoms with E-state index in [1.165, 1.54) is 38.8 Å². The number of likely N-dealkylation sites (tertiary alicyclic amines) is 1. The van der Waals surface area contributed by atoms with Crippen molar-refractivity contribution in [1.82, 2.24) is 4.90 Å². The first kappa shape index (κ1) is 29.6. The van der Waals surface area contributed by atoms with Crippen molar-refractivity contribution >= 4 is 28.7 Å². The van der Waals surface area contributed by atoms with E-state index in [0.717, 1.165) is 45.7 Å². The molecule has 1 fully saturated rings. The molecule has 0 aromatic heterocycles. The number of esters is 1. The SMILES string of the molecule is C/C(=C(\c1ccc(OCCN2CCCCCC2)cc1)c1ccc(OC(=O)Cc2ccccc2)cc1)c1ccc(Cl)cc1. The minimum absolute atomic E-state index is 0.232. The maximum absolute atomic E-state index is 12.5. The lowest BCUT2D eigenvalue weighted by atomic mass is 9.90. The van der Waals surface area contributed by atoms with Crippen LogP contribution in [0.2, 0.25) is 5.02 Å². The molecular formula is C37H38ClNO3. The number of hydrogen-bond donors (Lipinski definition) is 0. The minimum atomic E-state index is -0.284. The van der Waals surface area contributed by atoms with Gasteiger partial charge < -0.3 is 9.47 Å². The average Bonchev–Trinajstić information content (AvgIpc) is 3.29. The zero-order valence-electron chi connectivity index (χ0n) is 24.2. The highest BCUT2D eigenvalue weighted by Gasteiger charge is 2.14. The molecule has 4 nitrogen and oxygen atoms in total. The Morgan fingerprint density at radius 2 is 1.29 bits per heavy atom. The van der Waals surface area contributed by atoms with Gasteiger partial charge in [-0.15, -0.1) is 0 Å². The van der Waals surface area contributed by atoms with Gasteiger partial charge in [0.05, 0.1) is 6.42 Å². The van der Waals surface area contributed by atoms with Crippen molar-refractivity contribution in [3.05, 3.63) is 130 Å². The van der Waals surface area contributed by atoms with Crippen LogP contribution in [0, 0.1) is 0 Å². The summed E-state index contributed by atoms with van der Waals surface area (Å²) in [4.78, 5) is 15.0. The molecule has 0 saturated carbocycles. The summed E-state index contributed by atoms with van der Waals surface area (Å²) in [7, 11) is 0. The number of halogens is 1. The second-order valence-corrected chi connectivity index (χ2v) is 11.2. The second-order valence-electron chi connectivity index (χ2n) is 10.8. The van der Waals surface area contributed by atoms with Crippen molar-refractivity contribution in [2.45, 2.75) is 39.0 Å². The van der Waals surface area contributed by atoms with Crippen molar-refractivity contribution in [1.29, 1.82) is 0 Å². The third kappa shape index (κ3) is 8.34. The molecular weight excluding hydrogens is 542 g/mol. The molecule has 5 heteroatoms. The number of hydrogen-bond acceptors (Lipinski definition) is 4. The van der Waals surface area contributed by atoms with E-state index < -0.39 is 0 Å². The fraction of sp³-hybridized carbons (Fsp3) is 0.270. The van der Waals surface area contributed by atoms with E-state index in [2.05, 4.69) is 24.0 Å². The van der Waals surface area contributed by atoms with E-state index in [1.807, 2.05) is 91.0 Å². The molecule has 0 N–H and O–H groups in total. The fourth-order valence-corrected chi connectivity index (χ4v) is 5.56. The molecule has 1 aliphatic heterocycles. The zero-order valence-corrected chi connectivity index (χ0v) is 25.0. The fourth-order valence-electron chi connectivity index (χ4n) is 5.43. The number of nitrogens with zero attached hydrogens (tertiary/aromatic N) is 1. The molecule has 0 amide bonds. The van der Waals surface area contributed by atoms with E-state index in [-0.39, 0.29) is 12.4 Å². The Morgan fingerprint density at radius 3 is 1.90 bits per heavy atom. The van der Waals surface area contributed by atoms with E-state index in [0.29, 0.717) is 17.4 Å². The van der Waals surface area contributed by atoms with Gasteiger partial charge in [0.25, 0.3) is 0 Å². The lowest BCUT2D eigenvalue weighted by Crippen LogP contribution is -2.29. The summed E-state index contributed by atoms with van der Waals surface area (Å²) in [5, 5.41) is 0.705. The largest absolute Gasteiger partial charge is 0.492 e. The van der Waals surface area contributed by atoms with Crippen LogP contribution in [-0.2, 0) is 11.2 Å². The van der Waals surface area contributed by atoms with Gasteiger partial charge in [-0.2, -0.15) is 0 Å². The van der Waals surface area contributed by atoms with Gasteiger partial charge in [0, 0.05) is 11.6 Å². The van der Waals surface area contributed by atoms with Gasteiger partial charge in [-0.25, -0.2) is 0 Å². The lowest BCUT2D eigenvalue weighted by Gasteiger charge is -2.20. The molecule has 0 bridgehead atoms. The van der Waals surface area contributed by atoms with Crippen molar-refractivity contribution in [3.8, 4) is 11.5 Å². The van der Waals surface area contributed by atoms with Gasteiger partial charge in [0.15, 0.2) is 0 Å². The number of carbonyl (C=O) groups is 1. The summed E-state index contributed by atoms with van der Waals surface area (Å²) < 4.78 is 11.8. The Labute approximate surface area is 254 Å². The molecule has 4 aromatic rings. The minimum Gasteiger partial charge on any atom is -0.492 e.